The second-order valence-electron chi connectivity index (χ2n) is 7.97. The lowest BCUT2D eigenvalue weighted by Crippen LogP contribution is -2.09. The molecular formula is C28H25N5S. The molecule has 1 N–H and O–H groups in total. The van der Waals surface area contributed by atoms with Crippen LogP contribution in [-0.2, 0) is 13.0 Å². The molecule has 0 aliphatic heterocycles. The maximum absolute atomic E-state index is 4.26. The van der Waals surface area contributed by atoms with E-state index in [1.165, 1.54) is 27.1 Å². The minimum Gasteiger partial charge on any atom is -0.264 e. The summed E-state index contributed by atoms with van der Waals surface area (Å²) in [5.41, 5.74) is 6.81. The van der Waals surface area contributed by atoms with Crippen molar-refractivity contribution < 1.29 is 0 Å². The van der Waals surface area contributed by atoms with Crippen LogP contribution in [0.15, 0.2) is 114 Å². The molecule has 3 aromatic carbocycles. The molecule has 5 nitrogen and oxygen atoms in total. The third-order valence-corrected chi connectivity index (χ3v) is 6.46. The smallest absolute Gasteiger partial charge is 0.114 e. The molecule has 0 unspecified atom stereocenters. The first-order valence-electron chi connectivity index (χ1n) is 11.3. The van der Waals surface area contributed by atoms with Crippen LogP contribution in [0, 0.1) is 0 Å². The fourth-order valence-electron chi connectivity index (χ4n) is 3.76. The normalized spacial score (nSPS) is 10.9. The van der Waals surface area contributed by atoms with Crippen molar-refractivity contribution >= 4 is 11.9 Å². The summed E-state index contributed by atoms with van der Waals surface area (Å²) in [6.45, 7) is 1.59. The van der Waals surface area contributed by atoms with Gasteiger partial charge >= 0.3 is 0 Å². The Morgan fingerprint density at radius 1 is 0.765 bits per heavy atom. The van der Waals surface area contributed by atoms with Crippen LogP contribution in [0.25, 0.3) is 22.4 Å². The van der Waals surface area contributed by atoms with E-state index in [1.807, 2.05) is 23.0 Å². The van der Waals surface area contributed by atoms with Gasteiger partial charge in [0.25, 0.3) is 0 Å². The highest BCUT2D eigenvalue weighted by Crippen LogP contribution is 2.29. The first-order chi connectivity index (χ1) is 16.8. The van der Waals surface area contributed by atoms with Gasteiger partial charge in [0.1, 0.15) is 5.69 Å². The second kappa shape index (κ2) is 10.9. The van der Waals surface area contributed by atoms with Gasteiger partial charge in [-0.15, -0.1) is 5.10 Å². The van der Waals surface area contributed by atoms with Crippen LogP contribution in [-0.4, -0.2) is 26.5 Å². The highest BCUT2D eigenvalue weighted by Gasteiger charge is 2.06. The topological polar surface area (TPSA) is 55.6 Å². The average Bonchev–Trinajstić information content (AvgIpc) is 3.37. The Bertz CT molecular complexity index is 1320. The van der Waals surface area contributed by atoms with Gasteiger partial charge in [-0.1, -0.05) is 78.0 Å². The minimum atomic E-state index is 0.692. The molecule has 0 aliphatic carbocycles. The lowest BCUT2D eigenvalue weighted by Gasteiger charge is -2.10. The van der Waals surface area contributed by atoms with Crippen molar-refractivity contribution in [2.45, 2.75) is 17.9 Å². The van der Waals surface area contributed by atoms with Crippen molar-refractivity contribution in [2.24, 2.45) is 0 Å². The molecule has 0 bridgehead atoms. The Morgan fingerprint density at radius 3 is 2.35 bits per heavy atom. The van der Waals surface area contributed by atoms with Crippen molar-refractivity contribution in [3.05, 3.63) is 121 Å². The Morgan fingerprint density at radius 2 is 1.53 bits per heavy atom. The first-order valence-corrected chi connectivity index (χ1v) is 12.1. The number of nitrogens with one attached hydrogen (secondary N) is 1. The van der Waals surface area contributed by atoms with Crippen molar-refractivity contribution in [3.63, 3.8) is 0 Å². The number of rotatable bonds is 9. The summed E-state index contributed by atoms with van der Waals surface area (Å²) in [7, 11) is 0. The molecule has 0 atom stereocenters. The van der Waals surface area contributed by atoms with E-state index >= 15 is 0 Å². The molecule has 2 heterocycles. The quantitative estimate of drug-likeness (QED) is 0.218. The first kappa shape index (κ1) is 22.1. The zero-order chi connectivity index (χ0) is 23.0. The number of nitrogens with zero attached hydrogens (tertiary/aromatic N) is 4. The van der Waals surface area contributed by atoms with Gasteiger partial charge in [-0.05, 0) is 58.8 Å². The predicted octanol–water partition coefficient (Wildman–Crippen LogP) is 5.89. The van der Waals surface area contributed by atoms with Gasteiger partial charge in [0.05, 0.1) is 12.7 Å². The number of hydrogen-bond donors (Lipinski definition) is 1. The van der Waals surface area contributed by atoms with Crippen LogP contribution in [0.1, 0.15) is 11.1 Å². The lowest BCUT2D eigenvalue weighted by molar-refractivity contribution is 0.649. The van der Waals surface area contributed by atoms with Gasteiger partial charge in [-0.2, -0.15) is 0 Å². The molecular weight excluding hydrogens is 438 g/mol. The lowest BCUT2D eigenvalue weighted by atomic mass is 10.1. The number of benzene rings is 3. The van der Waals surface area contributed by atoms with E-state index in [-0.39, 0.29) is 0 Å². The Balaban J connectivity index is 1.13. The molecule has 168 valence electrons. The molecule has 34 heavy (non-hydrogen) atoms. The largest absolute Gasteiger partial charge is 0.264 e. The standard InChI is InChI=1S/C28H25N5S/c1-2-7-24(8-3-1)26-10-4-5-11-28(26)34-30-18-16-22-12-14-23(15-13-22)20-33-21-27(31-32-33)25-9-6-17-29-19-25/h1-15,17,19,21,30H,16,18,20H2. The predicted molar refractivity (Wildman–Crippen MR) is 138 cm³/mol. The SMILES string of the molecule is c1ccc(-c2ccccc2SNCCc2ccc(Cn3cc(-c4cccnc4)nn3)cc2)cc1. The minimum absolute atomic E-state index is 0.692. The van der Waals surface area contributed by atoms with Crippen LogP contribution in [0.2, 0.25) is 0 Å². The molecule has 2 aromatic heterocycles. The monoisotopic (exact) mass is 463 g/mol. The van der Waals surface area contributed by atoms with Crippen molar-refractivity contribution in [1.29, 1.82) is 0 Å². The summed E-state index contributed by atoms with van der Waals surface area (Å²) in [5, 5.41) is 8.52. The molecule has 0 amide bonds. The van der Waals surface area contributed by atoms with Crippen molar-refractivity contribution in [3.8, 4) is 22.4 Å². The summed E-state index contributed by atoms with van der Waals surface area (Å²) >= 11 is 1.69. The second-order valence-corrected chi connectivity index (χ2v) is 8.90. The fraction of sp³-hybridized carbons (Fsp3) is 0.107. The van der Waals surface area contributed by atoms with Gasteiger partial charge in [0.2, 0.25) is 0 Å². The summed E-state index contributed by atoms with van der Waals surface area (Å²) in [4.78, 5) is 5.38. The van der Waals surface area contributed by atoms with E-state index in [9.17, 15) is 0 Å². The van der Waals surface area contributed by atoms with Gasteiger partial charge in [0, 0.05) is 29.4 Å². The van der Waals surface area contributed by atoms with E-state index in [1.54, 1.807) is 24.3 Å². The highest BCUT2D eigenvalue weighted by molar-refractivity contribution is 7.97. The Kier molecular flexibility index (Phi) is 7.09. The van der Waals surface area contributed by atoms with Gasteiger partial charge < -0.3 is 0 Å². The number of aromatic nitrogens is 4. The van der Waals surface area contributed by atoms with E-state index in [0.717, 1.165) is 24.2 Å². The molecule has 0 aliphatic rings. The Hall–Kier alpha value is -3.74. The maximum atomic E-state index is 4.26. The maximum Gasteiger partial charge on any atom is 0.114 e. The van der Waals surface area contributed by atoms with Crippen molar-refractivity contribution in [1.82, 2.24) is 24.7 Å². The molecule has 0 saturated heterocycles. The molecule has 0 spiro atoms. The molecule has 6 heteroatoms. The van der Waals surface area contributed by atoms with Gasteiger partial charge in [0.15, 0.2) is 0 Å². The van der Waals surface area contributed by atoms with Crippen LogP contribution in [0.4, 0.5) is 0 Å². The van der Waals surface area contributed by atoms with E-state index < -0.39 is 0 Å². The molecule has 5 aromatic rings. The molecule has 0 saturated carbocycles. The summed E-state index contributed by atoms with van der Waals surface area (Å²) < 4.78 is 5.38. The van der Waals surface area contributed by atoms with E-state index in [4.69, 9.17) is 0 Å². The van der Waals surface area contributed by atoms with Crippen LogP contribution in [0.3, 0.4) is 0 Å². The molecule has 0 fully saturated rings. The van der Waals surface area contributed by atoms with Crippen LogP contribution >= 0.6 is 11.9 Å². The summed E-state index contributed by atoms with van der Waals surface area (Å²) in [6.07, 6.45) is 6.48. The van der Waals surface area contributed by atoms with Crippen LogP contribution in [0.5, 0.6) is 0 Å². The summed E-state index contributed by atoms with van der Waals surface area (Å²) in [6, 6.07) is 31.6. The Labute approximate surface area is 204 Å². The fourth-order valence-corrected chi connectivity index (χ4v) is 4.56. The zero-order valence-electron chi connectivity index (χ0n) is 18.7. The summed E-state index contributed by atoms with van der Waals surface area (Å²) in [5.74, 6) is 0. The van der Waals surface area contributed by atoms with Crippen LogP contribution < -0.4 is 4.72 Å². The molecule has 0 radical (unpaired) electrons. The third-order valence-electron chi connectivity index (χ3n) is 5.53. The molecule has 5 rings (SSSR count). The van der Waals surface area contributed by atoms with Gasteiger partial charge in [-0.25, -0.2) is 4.68 Å². The zero-order valence-corrected chi connectivity index (χ0v) is 19.5. The van der Waals surface area contributed by atoms with E-state index in [2.05, 4.69) is 98.9 Å². The van der Waals surface area contributed by atoms with Crippen molar-refractivity contribution in [2.75, 3.05) is 6.54 Å². The van der Waals surface area contributed by atoms with E-state index in [0.29, 0.717) is 6.54 Å². The number of hydrogen-bond acceptors (Lipinski definition) is 5. The highest BCUT2D eigenvalue weighted by atomic mass is 32.2. The number of pyridine rings is 1. The third kappa shape index (κ3) is 5.60. The van der Waals surface area contributed by atoms with Gasteiger partial charge in [-0.3, -0.25) is 9.71 Å². The average molecular weight is 464 g/mol.